The number of para-hydroxylation sites is 4. The van der Waals surface area contributed by atoms with Gasteiger partial charge in [0.25, 0.3) is 47.3 Å². The first-order valence-corrected chi connectivity index (χ1v) is 42.2. The Kier molecular flexibility index (Phi) is 33.1. The molecule has 3 fully saturated rings. The van der Waals surface area contributed by atoms with Gasteiger partial charge in [0.1, 0.15) is 40.8 Å². The van der Waals surface area contributed by atoms with Gasteiger partial charge in [0.2, 0.25) is 0 Å². The molecule has 33 heteroatoms. The number of piperidine rings is 1. The average molecular weight is 1790 g/mol. The molecule has 14 N–H and O–H groups in total. The first kappa shape index (κ1) is 92.5. The zero-order valence-electron chi connectivity index (χ0n) is 69.2. The Hall–Kier alpha value is -14.7. The van der Waals surface area contributed by atoms with Crippen molar-refractivity contribution in [1.82, 2.24) is 45.3 Å². The van der Waals surface area contributed by atoms with Crippen LogP contribution < -0.4 is 53.2 Å². The van der Waals surface area contributed by atoms with Crippen LogP contribution in [0.2, 0.25) is 20.1 Å². The number of amides is 8. The van der Waals surface area contributed by atoms with Crippen molar-refractivity contribution >= 4 is 163 Å². The van der Waals surface area contributed by atoms with Crippen LogP contribution in [0.3, 0.4) is 0 Å². The molecule has 8 amide bonds. The Labute approximate surface area is 758 Å². The zero-order chi connectivity index (χ0) is 90.4. The quantitative estimate of drug-likeness (QED) is 0.0249. The molecule has 3 aliphatic heterocycles. The maximum Gasteiger partial charge on any atom is 0.258 e. The van der Waals surface area contributed by atoms with Crippen molar-refractivity contribution in [3.63, 3.8) is 0 Å². The molecule has 128 heavy (non-hydrogen) atoms. The number of carbonyl (C=O) groups excluding carboxylic acids is 8. The van der Waals surface area contributed by atoms with E-state index in [9.17, 15) is 38.4 Å². The number of hydrogen-bond acceptors (Lipinski definition) is 18. The predicted molar refractivity (Wildman–Crippen MR) is 504 cm³/mol. The van der Waals surface area contributed by atoms with Gasteiger partial charge < -0.3 is 73.3 Å². The summed E-state index contributed by atoms with van der Waals surface area (Å²) in [4.78, 5) is 124. The molecule has 0 saturated carbocycles. The maximum atomic E-state index is 12.9. The molecule has 12 aromatic rings. The van der Waals surface area contributed by atoms with Gasteiger partial charge in [0.05, 0.1) is 65.1 Å². The zero-order valence-corrected chi connectivity index (χ0v) is 72.2. The second-order valence-corrected chi connectivity index (χ2v) is 30.9. The number of aromatic nitrogens is 4. The van der Waals surface area contributed by atoms with Gasteiger partial charge in [-0.1, -0.05) is 143 Å². The summed E-state index contributed by atoms with van der Waals surface area (Å²) in [6.07, 6.45) is 10.2. The van der Waals surface area contributed by atoms with Crippen LogP contribution in [0.1, 0.15) is 138 Å². The Bertz CT molecular complexity index is 5800. The normalized spacial score (nSPS) is 12.7. The highest BCUT2D eigenvalue weighted by atomic mass is 35.5. The smallest absolute Gasteiger partial charge is 0.258 e. The van der Waals surface area contributed by atoms with E-state index in [2.05, 4.69) is 78.0 Å². The van der Waals surface area contributed by atoms with Crippen LogP contribution >= 0.6 is 46.4 Å². The van der Waals surface area contributed by atoms with Crippen molar-refractivity contribution < 1.29 is 38.4 Å². The minimum atomic E-state index is -0.402. The van der Waals surface area contributed by atoms with Crippen molar-refractivity contribution in [2.45, 2.75) is 32.6 Å². The SMILES string of the molecule is CC(=N)c1ccc(C(=O)Nc2ccccc2C(=O)Nc2ccc(Cl)cn2)cc1.N=C(c1ccc(C(=O)Nc2ccccc2C(=O)Nc2ccc(Cl)cn2)cc1)N1CCCCC1.N=C(c1ccc(C(=O)Nc2ccccc2C(=O)Nc2ccc(Cl)cn2)cc1)N1CCCNCC1.N=C(c1ccc(C(=O)Nc2ccccc2C(=O)Nc2ccc(Cl)cn2)cc1)N1CCNCC1. The minimum absolute atomic E-state index is 0.305. The molecule has 0 spiro atoms. The van der Waals surface area contributed by atoms with Crippen molar-refractivity contribution in [2.24, 2.45) is 0 Å². The van der Waals surface area contributed by atoms with E-state index in [1.807, 2.05) is 9.80 Å². The number of pyridine rings is 4. The number of benzene rings is 8. The summed E-state index contributed by atoms with van der Waals surface area (Å²) >= 11 is 23.3. The fourth-order valence-electron chi connectivity index (χ4n) is 13.3. The number of nitrogens with one attached hydrogen (secondary N) is 14. The summed E-state index contributed by atoms with van der Waals surface area (Å²) in [6.45, 7) is 10.2. The lowest BCUT2D eigenvalue weighted by Crippen LogP contribution is -2.46. The van der Waals surface area contributed by atoms with E-state index in [0.29, 0.717) is 134 Å². The number of piperazine rings is 1. The fourth-order valence-corrected chi connectivity index (χ4v) is 13.8. The molecule has 29 nitrogen and oxygen atoms in total. The first-order chi connectivity index (χ1) is 62.0. The van der Waals surface area contributed by atoms with Crippen LogP contribution in [0.25, 0.3) is 0 Å². The third-order valence-electron chi connectivity index (χ3n) is 20.2. The average Bonchev–Trinajstić information content (AvgIpc) is 0.906. The minimum Gasteiger partial charge on any atom is -0.357 e. The highest BCUT2D eigenvalue weighted by molar-refractivity contribution is 6.31. The van der Waals surface area contributed by atoms with Crippen molar-refractivity contribution in [3.8, 4) is 0 Å². The third-order valence-corrected chi connectivity index (χ3v) is 21.1. The van der Waals surface area contributed by atoms with Crippen molar-refractivity contribution in [2.75, 3.05) is 108 Å². The molecule has 0 unspecified atom stereocenters. The number of rotatable bonds is 20. The number of nitrogens with zero attached hydrogens (tertiary/aromatic N) is 7. The van der Waals surface area contributed by atoms with Gasteiger partial charge in [-0.15, -0.1) is 0 Å². The van der Waals surface area contributed by atoms with E-state index in [1.165, 1.54) is 31.2 Å². The largest absolute Gasteiger partial charge is 0.357 e. The molecule has 650 valence electrons. The number of anilines is 8. The Morgan fingerprint density at radius 1 is 0.266 bits per heavy atom. The molecule has 0 atom stereocenters. The summed E-state index contributed by atoms with van der Waals surface area (Å²) in [5.41, 5.74) is 7.96. The molecule has 4 aromatic heterocycles. The van der Waals surface area contributed by atoms with Crippen LogP contribution in [0, 0.1) is 21.6 Å². The lowest BCUT2D eigenvalue weighted by Gasteiger charge is -2.29. The van der Waals surface area contributed by atoms with E-state index in [1.54, 1.807) is 250 Å². The molecule has 0 bridgehead atoms. The van der Waals surface area contributed by atoms with E-state index < -0.39 is 23.6 Å². The summed E-state index contributed by atoms with van der Waals surface area (Å²) in [7, 11) is 0. The van der Waals surface area contributed by atoms with E-state index in [-0.39, 0.29) is 23.6 Å². The Balaban J connectivity index is 0.000000155. The topological polar surface area (TPSA) is 414 Å². The molecular formula is C95H89Cl4N21O8. The van der Waals surface area contributed by atoms with Gasteiger partial charge >= 0.3 is 0 Å². The predicted octanol–water partition coefficient (Wildman–Crippen LogP) is 17.0. The summed E-state index contributed by atoms with van der Waals surface area (Å²) in [6, 6.07) is 67.4. The van der Waals surface area contributed by atoms with E-state index in [0.717, 1.165) is 107 Å². The fraction of sp³-hybridized carbons (Fsp3) is 0.158. The van der Waals surface area contributed by atoms with Crippen LogP contribution in [0.4, 0.5) is 46.0 Å². The Morgan fingerprint density at radius 3 is 0.766 bits per heavy atom. The highest BCUT2D eigenvalue weighted by Crippen LogP contribution is 2.27. The number of carbonyl (C=O) groups is 8. The van der Waals surface area contributed by atoms with Crippen molar-refractivity contribution in [1.29, 1.82) is 21.6 Å². The van der Waals surface area contributed by atoms with Crippen LogP contribution in [0.5, 0.6) is 0 Å². The van der Waals surface area contributed by atoms with Crippen LogP contribution in [-0.4, -0.2) is 171 Å². The molecule has 15 rings (SSSR count). The summed E-state index contributed by atoms with van der Waals surface area (Å²) in [5.74, 6) is -0.174. The molecule has 0 radical (unpaired) electrons. The van der Waals surface area contributed by atoms with E-state index in [4.69, 9.17) is 68.0 Å². The highest BCUT2D eigenvalue weighted by Gasteiger charge is 2.24. The molecule has 3 saturated heterocycles. The second-order valence-electron chi connectivity index (χ2n) is 29.1. The van der Waals surface area contributed by atoms with Gasteiger partial charge in [0, 0.05) is 128 Å². The van der Waals surface area contributed by atoms with Gasteiger partial charge in [-0.25, -0.2) is 19.9 Å². The third kappa shape index (κ3) is 26.4. The number of halogens is 4. The molecule has 0 aliphatic carbocycles. The number of amidine groups is 3. The van der Waals surface area contributed by atoms with Crippen LogP contribution in [-0.2, 0) is 0 Å². The van der Waals surface area contributed by atoms with E-state index >= 15 is 0 Å². The summed E-state index contributed by atoms with van der Waals surface area (Å²) in [5, 5.41) is 63.4. The van der Waals surface area contributed by atoms with Gasteiger partial charge in [-0.2, -0.15) is 0 Å². The monoisotopic (exact) mass is 1790 g/mol. The maximum absolute atomic E-state index is 12.9. The van der Waals surface area contributed by atoms with Gasteiger partial charge in [-0.05, 0) is 190 Å². The van der Waals surface area contributed by atoms with Gasteiger partial charge in [0.15, 0.2) is 0 Å². The Morgan fingerprint density at radius 2 is 0.500 bits per heavy atom. The lowest BCUT2D eigenvalue weighted by molar-refractivity contribution is 0.101. The first-order valence-electron chi connectivity index (χ1n) is 40.7. The summed E-state index contributed by atoms with van der Waals surface area (Å²) < 4.78 is 0. The molecule has 8 aromatic carbocycles. The standard InChI is InChI=1S/C25H25ClN6O2.C25H24ClN5O2.C24H23ClN6O2.C21H17ClN4O2/c26-19-10-11-22(29-16-19)31-25(34)20-4-1-2-5-21(20)30-24(33)18-8-6-17(7-9-18)23(27)32-14-3-12-28-13-15-32;26-19-12-13-22(28-16-19)30-25(33)20-6-2-3-7-21(20)29-24(32)18-10-8-17(9-11-18)23(27)31-14-4-1-5-15-31;25-18-9-10-21(28-15-18)30-24(33)19-3-1-2-4-20(19)29-23(32)17-7-5-16(6-8-17)22(26)31-13-11-27-12-14-31;1-13(23)14-6-8-15(9-7-14)20(27)25-18-5-3-2-4-17(18)21(28)26-19-11-10-16(22)12-24-19/h1-2,4-11,16,27-28H,3,12-15H2,(H,30,33)(H,29,31,34);2-3,6-13,16,27H,1,4-5,14-15H2,(H,29,32)(H,28,30,33);1-10,15,26-27H,11-14H2,(H,29,32)(H,28,30,33);2-12,23H,1H3,(H,25,27)(H,24,26,28). The lowest BCUT2D eigenvalue weighted by atomic mass is 10.1. The molecule has 7 heterocycles. The second kappa shape index (κ2) is 45.8. The number of likely N-dealkylation sites (tertiary alicyclic amines) is 1. The number of hydrogen-bond donors (Lipinski definition) is 14. The van der Waals surface area contributed by atoms with Crippen LogP contribution in [0.15, 0.2) is 267 Å². The molecular weight excluding hydrogens is 1700 g/mol. The van der Waals surface area contributed by atoms with Crippen molar-refractivity contribution in [3.05, 3.63) is 354 Å². The van der Waals surface area contributed by atoms with Gasteiger partial charge in [-0.3, -0.25) is 54.6 Å². The molecule has 3 aliphatic rings.